The average molecular weight is 408 g/mol. The number of hydrogen-bond donors (Lipinski definition) is 2. The topological polar surface area (TPSA) is 74.1 Å². The third-order valence-corrected chi connectivity index (χ3v) is 7.69. The molecule has 1 aromatic carbocycles. The van der Waals surface area contributed by atoms with Gasteiger partial charge in [0.25, 0.3) is 5.91 Å². The number of carbonyl (C=O) groups excluding carboxylic acids is 1. The van der Waals surface area contributed by atoms with Crippen molar-refractivity contribution in [1.29, 1.82) is 5.26 Å². The van der Waals surface area contributed by atoms with Crippen LogP contribution >= 0.6 is 0 Å². The second-order valence-electron chi connectivity index (χ2n) is 9.66. The van der Waals surface area contributed by atoms with Crippen LogP contribution in [0.4, 0.5) is 0 Å². The SMILES string of the molecule is COc1ccccc1CCN/C=C(/C#N)C(=O)NC(C)C12CC3CC(CC(C3)C1)C2. The summed E-state index contributed by atoms with van der Waals surface area (Å²) in [5.74, 6) is 3.13. The van der Waals surface area contributed by atoms with Gasteiger partial charge in [-0.1, -0.05) is 18.2 Å². The highest BCUT2D eigenvalue weighted by Gasteiger charge is 2.53. The molecule has 1 atom stereocenters. The highest BCUT2D eigenvalue weighted by Crippen LogP contribution is 2.61. The Labute approximate surface area is 179 Å². The molecule has 5 rings (SSSR count). The normalized spacial score (nSPS) is 30.4. The number of hydrogen-bond acceptors (Lipinski definition) is 4. The van der Waals surface area contributed by atoms with Crippen molar-refractivity contribution in [2.45, 2.75) is 57.9 Å². The zero-order valence-electron chi connectivity index (χ0n) is 18.1. The van der Waals surface area contributed by atoms with Crippen LogP contribution in [0.1, 0.15) is 51.0 Å². The lowest BCUT2D eigenvalue weighted by molar-refractivity contribution is -0.122. The van der Waals surface area contributed by atoms with Crippen molar-refractivity contribution >= 4 is 5.91 Å². The van der Waals surface area contributed by atoms with E-state index in [1.165, 1.54) is 38.5 Å². The maximum absolute atomic E-state index is 12.8. The van der Waals surface area contributed by atoms with Crippen LogP contribution in [0.2, 0.25) is 0 Å². The molecule has 0 aliphatic heterocycles. The molecule has 5 nitrogen and oxygen atoms in total. The van der Waals surface area contributed by atoms with Gasteiger partial charge in [0.1, 0.15) is 17.4 Å². The smallest absolute Gasteiger partial charge is 0.263 e. The van der Waals surface area contributed by atoms with E-state index in [-0.39, 0.29) is 22.9 Å². The van der Waals surface area contributed by atoms with E-state index in [1.54, 1.807) is 13.3 Å². The van der Waals surface area contributed by atoms with Crippen LogP contribution in [0.25, 0.3) is 0 Å². The van der Waals surface area contributed by atoms with Crippen LogP contribution in [-0.4, -0.2) is 25.6 Å². The third kappa shape index (κ3) is 4.19. The van der Waals surface area contributed by atoms with Gasteiger partial charge >= 0.3 is 0 Å². The molecule has 4 saturated carbocycles. The first-order chi connectivity index (χ1) is 14.5. The monoisotopic (exact) mass is 407 g/mol. The molecule has 1 amide bonds. The molecule has 0 saturated heterocycles. The van der Waals surface area contributed by atoms with E-state index in [9.17, 15) is 10.1 Å². The molecule has 1 unspecified atom stereocenters. The molecule has 30 heavy (non-hydrogen) atoms. The van der Waals surface area contributed by atoms with E-state index < -0.39 is 0 Å². The van der Waals surface area contributed by atoms with E-state index >= 15 is 0 Å². The lowest BCUT2D eigenvalue weighted by atomic mass is 9.48. The maximum atomic E-state index is 12.8. The average Bonchev–Trinajstić information content (AvgIpc) is 2.73. The van der Waals surface area contributed by atoms with E-state index in [0.717, 1.165) is 35.5 Å². The number of rotatable bonds is 8. The molecule has 160 valence electrons. The minimum Gasteiger partial charge on any atom is -0.496 e. The summed E-state index contributed by atoms with van der Waals surface area (Å²) in [4.78, 5) is 12.8. The predicted molar refractivity (Wildman–Crippen MR) is 117 cm³/mol. The van der Waals surface area contributed by atoms with E-state index in [2.05, 4.69) is 23.6 Å². The first-order valence-corrected chi connectivity index (χ1v) is 11.3. The highest BCUT2D eigenvalue weighted by atomic mass is 16.5. The summed E-state index contributed by atoms with van der Waals surface area (Å²) >= 11 is 0. The number of carbonyl (C=O) groups is 1. The number of nitriles is 1. The number of ether oxygens (including phenoxy) is 1. The van der Waals surface area contributed by atoms with E-state index in [0.29, 0.717) is 6.54 Å². The van der Waals surface area contributed by atoms with Crippen molar-refractivity contribution in [3.63, 3.8) is 0 Å². The van der Waals surface area contributed by atoms with Gasteiger partial charge in [0.15, 0.2) is 0 Å². The first kappa shape index (κ1) is 20.8. The summed E-state index contributed by atoms with van der Waals surface area (Å²) in [6.45, 7) is 2.78. The Kier molecular flexibility index (Phi) is 6.04. The number of para-hydroxylation sites is 1. The number of methoxy groups -OCH3 is 1. The van der Waals surface area contributed by atoms with Gasteiger partial charge in [-0.25, -0.2) is 0 Å². The van der Waals surface area contributed by atoms with Gasteiger partial charge in [0.2, 0.25) is 0 Å². The summed E-state index contributed by atoms with van der Waals surface area (Å²) < 4.78 is 5.37. The quantitative estimate of drug-likeness (QED) is 0.389. The standard InChI is InChI=1S/C25H33N3O2/c1-17(25-12-18-9-19(13-25)11-20(10-18)14-25)28-24(29)22(15-26)16-27-8-7-21-5-3-4-6-23(21)30-2/h3-6,16-20,27H,7-14H2,1-2H3,(H,28,29)/b22-16-. The first-order valence-electron chi connectivity index (χ1n) is 11.3. The summed E-state index contributed by atoms with van der Waals surface area (Å²) in [5.41, 5.74) is 1.48. The Balaban J connectivity index is 1.32. The van der Waals surface area contributed by atoms with Crippen molar-refractivity contribution < 1.29 is 9.53 Å². The predicted octanol–water partition coefficient (Wildman–Crippen LogP) is 3.96. The lowest BCUT2D eigenvalue weighted by Crippen LogP contribution is -2.56. The molecule has 4 aliphatic carbocycles. The van der Waals surface area contributed by atoms with Gasteiger partial charge in [-0.15, -0.1) is 0 Å². The van der Waals surface area contributed by atoms with Crippen LogP contribution in [0.5, 0.6) is 5.75 Å². The fourth-order valence-electron chi connectivity index (χ4n) is 6.57. The van der Waals surface area contributed by atoms with Gasteiger partial charge in [-0.3, -0.25) is 4.79 Å². The summed E-state index contributed by atoms with van der Waals surface area (Å²) in [6.07, 6.45) is 10.2. The van der Waals surface area contributed by atoms with Crippen LogP contribution in [0.15, 0.2) is 36.0 Å². The van der Waals surface area contributed by atoms with Crippen molar-refractivity contribution in [2.75, 3.05) is 13.7 Å². The fourth-order valence-corrected chi connectivity index (χ4v) is 6.57. The Morgan fingerprint density at radius 3 is 2.47 bits per heavy atom. The second-order valence-corrected chi connectivity index (χ2v) is 9.66. The number of benzene rings is 1. The van der Waals surface area contributed by atoms with Gasteiger partial charge < -0.3 is 15.4 Å². The lowest BCUT2D eigenvalue weighted by Gasteiger charge is -2.59. The fraction of sp³-hybridized carbons (Fsp3) is 0.600. The largest absolute Gasteiger partial charge is 0.496 e. The second kappa shape index (κ2) is 8.71. The Morgan fingerprint density at radius 1 is 1.23 bits per heavy atom. The molecular formula is C25H33N3O2. The number of nitrogens with zero attached hydrogens (tertiary/aromatic N) is 1. The van der Waals surface area contributed by atoms with Crippen molar-refractivity contribution in [1.82, 2.24) is 10.6 Å². The van der Waals surface area contributed by atoms with Gasteiger partial charge in [0, 0.05) is 18.8 Å². The molecule has 5 heteroatoms. The molecule has 0 radical (unpaired) electrons. The molecule has 1 aromatic rings. The zero-order chi connectivity index (χ0) is 21.1. The van der Waals surface area contributed by atoms with Crippen LogP contribution < -0.4 is 15.4 Å². The van der Waals surface area contributed by atoms with Crippen molar-refractivity contribution in [2.24, 2.45) is 23.2 Å². The summed E-state index contributed by atoms with van der Waals surface area (Å²) in [6, 6.07) is 10.1. The molecule has 0 aromatic heterocycles. The Morgan fingerprint density at radius 2 is 1.87 bits per heavy atom. The van der Waals surface area contributed by atoms with E-state index in [1.807, 2.05) is 24.3 Å². The minimum atomic E-state index is -0.259. The molecule has 4 fully saturated rings. The molecular weight excluding hydrogens is 374 g/mol. The zero-order valence-corrected chi connectivity index (χ0v) is 18.1. The molecule has 0 heterocycles. The summed E-state index contributed by atoms with van der Waals surface area (Å²) in [7, 11) is 1.66. The Hall–Kier alpha value is -2.48. The van der Waals surface area contributed by atoms with Crippen LogP contribution in [-0.2, 0) is 11.2 Å². The number of nitrogens with one attached hydrogen (secondary N) is 2. The summed E-state index contributed by atoms with van der Waals surface area (Å²) in [5, 5.41) is 15.8. The van der Waals surface area contributed by atoms with E-state index in [4.69, 9.17) is 4.74 Å². The van der Waals surface area contributed by atoms with Crippen LogP contribution in [0, 0.1) is 34.5 Å². The van der Waals surface area contributed by atoms with Gasteiger partial charge in [-0.2, -0.15) is 5.26 Å². The third-order valence-electron chi connectivity index (χ3n) is 7.69. The molecule has 4 bridgehead atoms. The van der Waals surface area contributed by atoms with Crippen LogP contribution in [0.3, 0.4) is 0 Å². The van der Waals surface area contributed by atoms with Gasteiger partial charge in [0.05, 0.1) is 7.11 Å². The molecule has 4 aliphatic rings. The minimum absolute atomic E-state index is 0.115. The van der Waals surface area contributed by atoms with Crippen molar-refractivity contribution in [3.05, 3.63) is 41.6 Å². The maximum Gasteiger partial charge on any atom is 0.263 e. The highest BCUT2D eigenvalue weighted by molar-refractivity contribution is 5.97. The Bertz CT molecular complexity index is 819. The van der Waals surface area contributed by atoms with Gasteiger partial charge in [-0.05, 0) is 86.7 Å². The number of amides is 1. The van der Waals surface area contributed by atoms with Crippen molar-refractivity contribution in [3.8, 4) is 11.8 Å². The molecule has 0 spiro atoms. The molecule has 2 N–H and O–H groups in total.